The highest BCUT2D eigenvalue weighted by molar-refractivity contribution is 5.25. The van der Waals surface area contributed by atoms with Crippen LogP contribution in [0.2, 0.25) is 0 Å². The molecular formula is C14H22N2O2. The second-order valence-corrected chi connectivity index (χ2v) is 4.80. The van der Waals surface area contributed by atoms with Crippen LogP contribution in [-0.2, 0) is 6.54 Å². The van der Waals surface area contributed by atoms with Crippen molar-refractivity contribution >= 4 is 0 Å². The fourth-order valence-corrected chi connectivity index (χ4v) is 2.69. The lowest BCUT2D eigenvalue weighted by molar-refractivity contribution is 0.111. The molecule has 0 bridgehead atoms. The third kappa shape index (κ3) is 3.21. The van der Waals surface area contributed by atoms with E-state index in [0.29, 0.717) is 11.9 Å². The summed E-state index contributed by atoms with van der Waals surface area (Å²) in [5, 5.41) is 9.14. The summed E-state index contributed by atoms with van der Waals surface area (Å²) in [5.41, 5.74) is 1.13. The van der Waals surface area contributed by atoms with Crippen LogP contribution in [0.15, 0.2) is 18.3 Å². The molecule has 0 aromatic carbocycles. The molecule has 1 unspecified atom stereocenters. The maximum Gasteiger partial charge on any atom is 0.217 e. The van der Waals surface area contributed by atoms with Gasteiger partial charge in [-0.1, -0.05) is 12.5 Å². The van der Waals surface area contributed by atoms with E-state index >= 15 is 0 Å². The van der Waals surface area contributed by atoms with Gasteiger partial charge in [0.2, 0.25) is 5.88 Å². The Kier molecular flexibility index (Phi) is 4.96. The van der Waals surface area contributed by atoms with Crippen LogP contribution < -0.4 is 4.74 Å². The summed E-state index contributed by atoms with van der Waals surface area (Å²) in [7, 11) is 1.66. The molecule has 1 aliphatic heterocycles. The number of hydrogen-bond acceptors (Lipinski definition) is 4. The van der Waals surface area contributed by atoms with Crippen LogP contribution in [0.1, 0.15) is 31.2 Å². The fourth-order valence-electron chi connectivity index (χ4n) is 2.69. The summed E-state index contributed by atoms with van der Waals surface area (Å²) in [6, 6.07) is 4.51. The first kappa shape index (κ1) is 13.3. The molecular weight excluding hydrogens is 228 g/mol. The molecule has 0 radical (unpaired) electrons. The molecule has 0 amide bonds. The van der Waals surface area contributed by atoms with E-state index in [1.807, 2.05) is 6.07 Å². The summed E-state index contributed by atoms with van der Waals surface area (Å²) in [6.45, 7) is 2.23. The van der Waals surface area contributed by atoms with Crippen molar-refractivity contribution in [3.63, 3.8) is 0 Å². The lowest BCUT2D eigenvalue weighted by Crippen LogP contribution is -2.39. The largest absolute Gasteiger partial charge is 0.481 e. The van der Waals surface area contributed by atoms with Crippen molar-refractivity contribution in [2.75, 3.05) is 20.3 Å². The maximum atomic E-state index is 9.14. The average molecular weight is 250 g/mol. The number of aliphatic hydroxyl groups is 1. The monoisotopic (exact) mass is 250 g/mol. The van der Waals surface area contributed by atoms with Gasteiger partial charge in [-0.25, -0.2) is 4.98 Å². The summed E-state index contributed by atoms with van der Waals surface area (Å²) in [5.74, 6) is 0.714. The SMILES string of the molecule is COc1ncccc1CN1CCCCC1CCO. The fraction of sp³-hybridized carbons (Fsp3) is 0.643. The molecule has 1 N–H and O–H groups in total. The lowest BCUT2D eigenvalue weighted by atomic mass is 9.99. The van der Waals surface area contributed by atoms with Gasteiger partial charge in [-0.2, -0.15) is 0 Å². The number of aliphatic hydroxyl groups excluding tert-OH is 1. The van der Waals surface area contributed by atoms with E-state index in [-0.39, 0.29) is 6.61 Å². The van der Waals surface area contributed by atoms with Crippen molar-refractivity contribution < 1.29 is 9.84 Å². The standard InChI is InChI=1S/C14H22N2O2/c1-18-14-12(5-4-8-15-14)11-16-9-3-2-6-13(16)7-10-17/h4-5,8,13,17H,2-3,6-7,9-11H2,1H3. The number of methoxy groups -OCH3 is 1. The highest BCUT2D eigenvalue weighted by atomic mass is 16.5. The van der Waals surface area contributed by atoms with Crippen molar-refractivity contribution in [2.45, 2.75) is 38.3 Å². The molecule has 0 saturated carbocycles. The molecule has 1 aliphatic rings. The second kappa shape index (κ2) is 6.71. The zero-order valence-electron chi connectivity index (χ0n) is 11.0. The minimum atomic E-state index is 0.269. The van der Waals surface area contributed by atoms with E-state index in [2.05, 4.69) is 16.0 Å². The molecule has 4 heteroatoms. The van der Waals surface area contributed by atoms with Crippen LogP contribution in [0.4, 0.5) is 0 Å². The minimum Gasteiger partial charge on any atom is -0.481 e. The Hall–Kier alpha value is -1.13. The molecule has 1 aromatic heterocycles. The van der Waals surface area contributed by atoms with Gasteiger partial charge in [0.15, 0.2) is 0 Å². The Labute approximate surface area is 109 Å². The van der Waals surface area contributed by atoms with Crippen LogP contribution in [0.3, 0.4) is 0 Å². The van der Waals surface area contributed by atoms with Crippen LogP contribution in [-0.4, -0.2) is 41.3 Å². The van der Waals surface area contributed by atoms with Crippen molar-refractivity contribution in [3.8, 4) is 5.88 Å². The van der Waals surface area contributed by atoms with Crippen LogP contribution in [0.25, 0.3) is 0 Å². The molecule has 1 saturated heterocycles. The van der Waals surface area contributed by atoms with Crippen molar-refractivity contribution in [2.24, 2.45) is 0 Å². The zero-order valence-corrected chi connectivity index (χ0v) is 11.0. The summed E-state index contributed by atoms with van der Waals surface area (Å²) >= 11 is 0. The highest BCUT2D eigenvalue weighted by Crippen LogP contribution is 2.24. The first-order chi connectivity index (χ1) is 8.85. The van der Waals surface area contributed by atoms with Gasteiger partial charge in [-0.05, 0) is 31.9 Å². The molecule has 1 fully saturated rings. The maximum absolute atomic E-state index is 9.14. The predicted octanol–water partition coefficient (Wildman–Crippen LogP) is 1.83. The predicted molar refractivity (Wildman–Crippen MR) is 70.5 cm³/mol. The van der Waals surface area contributed by atoms with Crippen molar-refractivity contribution in [1.29, 1.82) is 0 Å². The van der Waals surface area contributed by atoms with Crippen molar-refractivity contribution in [3.05, 3.63) is 23.9 Å². The average Bonchev–Trinajstić information content (AvgIpc) is 2.42. The number of piperidine rings is 1. The van der Waals surface area contributed by atoms with Gasteiger partial charge >= 0.3 is 0 Å². The number of likely N-dealkylation sites (tertiary alicyclic amines) is 1. The van der Waals surface area contributed by atoms with E-state index in [9.17, 15) is 0 Å². The lowest BCUT2D eigenvalue weighted by Gasteiger charge is -2.35. The Bertz CT molecular complexity index is 369. The quantitative estimate of drug-likeness (QED) is 0.866. The number of rotatable bonds is 5. The van der Waals surface area contributed by atoms with E-state index in [4.69, 9.17) is 9.84 Å². The molecule has 18 heavy (non-hydrogen) atoms. The highest BCUT2D eigenvalue weighted by Gasteiger charge is 2.22. The van der Waals surface area contributed by atoms with E-state index in [0.717, 1.165) is 25.1 Å². The second-order valence-electron chi connectivity index (χ2n) is 4.80. The summed E-state index contributed by atoms with van der Waals surface area (Å²) in [4.78, 5) is 6.68. The Morgan fingerprint density at radius 2 is 2.39 bits per heavy atom. The third-order valence-electron chi connectivity index (χ3n) is 3.63. The number of pyridine rings is 1. The van der Waals surface area contributed by atoms with E-state index in [1.54, 1.807) is 13.3 Å². The normalized spacial score (nSPS) is 20.9. The first-order valence-corrected chi connectivity index (χ1v) is 6.68. The Morgan fingerprint density at radius 3 is 3.17 bits per heavy atom. The number of hydrogen-bond donors (Lipinski definition) is 1. The number of ether oxygens (including phenoxy) is 1. The summed E-state index contributed by atoms with van der Waals surface area (Å²) < 4.78 is 5.29. The van der Waals surface area contributed by atoms with Gasteiger partial charge in [-0.15, -0.1) is 0 Å². The summed E-state index contributed by atoms with van der Waals surface area (Å²) in [6.07, 6.45) is 6.31. The Balaban J connectivity index is 2.05. The smallest absolute Gasteiger partial charge is 0.217 e. The number of aromatic nitrogens is 1. The third-order valence-corrected chi connectivity index (χ3v) is 3.63. The molecule has 0 spiro atoms. The molecule has 2 heterocycles. The van der Waals surface area contributed by atoms with Crippen molar-refractivity contribution in [1.82, 2.24) is 9.88 Å². The zero-order chi connectivity index (χ0) is 12.8. The van der Waals surface area contributed by atoms with E-state index < -0.39 is 0 Å². The number of nitrogens with zero attached hydrogens (tertiary/aromatic N) is 2. The molecule has 2 rings (SSSR count). The van der Waals surface area contributed by atoms with Crippen LogP contribution in [0.5, 0.6) is 5.88 Å². The van der Waals surface area contributed by atoms with E-state index in [1.165, 1.54) is 19.3 Å². The van der Waals surface area contributed by atoms with Gasteiger partial charge in [0, 0.05) is 31.0 Å². The van der Waals surface area contributed by atoms with Crippen LogP contribution >= 0.6 is 0 Å². The topological polar surface area (TPSA) is 45.6 Å². The molecule has 4 nitrogen and oxygen atoms in total. The minimum absolute atomic E-state index is 0.269. The van der Waals surface area contributed by atoms with Gasteiger partial charge in [-0.3, -0.25) is 4.90 Å². The van der Waals surface area contributed by atoms with Crippen LogP contribution in [0, 0.1) is 0 Å². The van der Waals surface area contributed by atoms with Gasteiger partial charge < -0.3 is 9.84 Å². The first-order valence-electron chi connectivity index (χ1n) is 6.68. The van der Waals surface area contributed by atoms with Gasteiger partial charge in [0.05, 0.1) is 7.11 Å². The molecule has 0 aliphatic carbocycles. The molecule has 100 valence electrons. The Morgan fingerprint density at radius 1 is 1.50 bits per heavy atom. The van der Waals surface area contributed by atoms with Gasteiger partial charge in [0.25, 0.3) is 0 Å². The van der Waals surface area contributed by atoms with Gasteiger partial charge in [0.1, 0.15) is 0 Å². The molecule has 1 atom stereocenters. The molecule has 1 aromatic rings.